The predicted octanol–water partition coefficient (Wildman–Crippen LogP) is 8.06. The molecule has 2 N–H and O–H groups in total. The Bertz CT molecular complexity index is 1740. The first-order valence-electron chi connectivity index (χ1n) is 24.3. The van der Waals surface area contributed by atoms with Crippen molar-refractivity contribution in [3.8, 4) is 0 Å². The third-order valence-corrected chi connectivity index (χ3v) is 20.2. The summed E-state index contributed by atoms with van der Waals surface area (Å²) in [5.41, 5.74) is 1.14. The summed E-state index contributed by atoms with van der Waals surface area (Å²) in [5.74, 6) is -7.07. The second-order valence-corrected chi connectivity index (χ2v) is 26.3. The highest BCUT2D eigenvalue weighted by atomic mass is 28.4. The van der Waals surface area contributed by atoms with Gasteiger partial charge in [-0.15, -0.1) is 6.58 Å². The van der Waals surface area contributed by atoms with Crippen molar-refractivity contribution in [2.75, 3.05) is 27.9 Å². The van der Waals surface area contributed by atoms with Crippen LogP contribution in [0.15, 0.2) is 36.0 Å². The van der Waals surface area contributed by atoms with Crippen LogP contribution in [0.3, 0.4) is 0 Å². The van der Waals surface area contributed by atoms with Crippen molar-refractivity contribution >= 4 is 31.8 Å². The third kappa shape index (κ3) is 12.8. The Morgan fingerprint density at radius 2 is 1.60 bits per heavy atom. The maximum atomic E-state index is 14.9. The zero-order valence-corrected chi connectivity index (χ0v) is 43.3. The number of nitrogens with zero attached hydrogens (tertiary/aromatic N) is 1. The van der Waals surface area contributed by atoms with Crippen molar-refractivity contribution in [2.45, 2.75) is 206 Å². The maximum Gasteiger partial charge on any atom is 0.329 e. The molecule has 2 saturated heterocycles. The quantitative estimate of drug-likeness (QED) is 0.0990. The largest absolute Gasteiger partial charge is 0.456 e. The standard InChI is InChI=1S/C51H85NO12Si/c1-16-36-25-31(3)24-32(4)26-41(59-11)45-42(60-12)27-34(6)51(58,63-45)46(55)47(56)52-23-19-18-20-37(52)48(57)62-44(33(5)29-50(17-2)22-21-38(53)43(30-50)61-13)35(7)40(28-39(36)54)64-65(14,15)49(8,9)10/h17,25,29,32,34-38,40-45,53,58H,2,16,18-24,26-28,30H2,1,3-15H3/b31-25+,33-29?/t32?,34?,35?,36?,37?,38-,40?,41?,42?,43?,44?,45?,50?,51?/m0/s1. The van der Waals surface area contributed by atoms with E-state index in [2.05, 4.69) is 59.5 Å². The molecule has 14 heteroatoms. The highest BCUT2D eigenvalue weighted by Gasteiger charge is 2.57. The van der Waals surface area contributed by atoms with Gasteiger partial charge in [0, 0.05) is 57.5 Å². The van der Waals surface area contributed by atoms with E-state index < -0.39 is 104 Å². The van der Waals surface area contributed by atoms with Gasteiger partial charge in [0.15, 0.2) is 8.32 Å². The van der Waals surface area contributed by atoms with E-state index in [9.17, 15) is 29.4 Å². The molecule has 1 aliphatic carbocycles. The lowest BCUT2D eigenvalue weighted by atomic mass is 9.70. The van der Waals surface area contributed by atoms with Gasteiger partial charge in [-0.05, 0) is 108 Å². The highest BCUT2D eigenvalue weighted by Crippen LogP contribution is 2.44. The lowest BCUT2D eigenvalue weighted by molar-refractivity contribution is -0.302. The van der Waals surface area contributed by atoms with Gasteiger partial charge in [-0.3, -0.25) is 14.4 Å². The lowest BCUT2D eigenvalue weighted by Crippen LogP contribution is -2.64. The second kappa shape index (κ2) is 22.7. The number of piperidine rings is 1. The first kappa shape index (κ1) is 55.0. The highest BCUT2D eigenvalue weighted by molar-refractivity contribution is 6.74. The molecule has 13 nitrogen and oxygen atoms in total. The van der Waals surface area contributed by atoms with Gasteiger partial charge in [-0.1, -0.05) is 72.3 Å². The number of hydrogen-bond donors (Lipinski definition) is 2. The summed E-state index contributed by atoms with van der Waals surface area (Å²) < 4.78 is 37.8. The normalized spacial score (nSPS) is 39.1. The number of cyclic esters (lactones) is 1. The number of ether oxygens (including phenoxy) is 5. The van der Waals surface area contributed by atoms with E-state index in [1.165, 1.54) is 4.90 Å². The summed E-state index contributed by atoms with van der Waals surface area (Å²) in [7, 11) is 2.12. The predicted molar refractivity (Wildman–Crippen MR) is 253 cm³/mol. The van der Waals surface area contributed by atoms with Gasteiger partial charge in [-0.2, -0.15) is 0 Å². The van der Waals surface area contributed by atoms with Crippen molar-refractivity contribution < 1.29 is 57.5 Å². The first-order chi connectivity index (χ1) is 30.3. The minimum absolute atomic E-state index is 0.0312. The number of Topliss-reactive ketones (excluding diaryl/α,β-unsaturated/α-hetero) is 2. The fourth-order valence-electron chi connectivity index (χ4n) is 10.4. The fourth-order valence-corrected chi connectivity index (χ4v) is 11.8. The van der Waals surface area contributed by atoms with E-state index >= 15 is 0 Å². The van der Waals surface area contributed by atoms with Crippen LogP contribution in [0.5, 0.6) is 0 Å². The molecule has 3 aliphatic heterocycles. The van der Waals surface area contributed by atoms with E-state index in [0.29, 0.717) is 56.9 Å². The van der Waals surface area contributed by atoms with Crippen LogP contribution in [-0.2, 0) is 47.3 Å². The van der Waals surface area contributed by atoms with Crippen LogP contribution in [0.2, 0.25) is 18.1 Å². The molecule has 0 radical (unpaired) electrons. The number of rotatable bonds is 9. The molecule has 14 atom stereocenters. The zero-order chi connectivity index (χ0) is 48.8. The van der Waals surface area contributed by atoms with Crippen molar-refractivity contribution in [3.63, 3.8) is 0 Å². The number of ketones is 2. The van der Waals surface area contributed by atoms with Crippen LogP contribution in [0.25, 0.3) is 0 Å². The minimum Gasteiger partial charge on any atom is -0.456 e. The molecule has 4 rings (SSSR count). The molecular formula is C51H85NO12Si. The number of amides is 1. The van der Waals surface area contributed by atoms with Crippen molar-refractivity contribution in [1.29, 1.82) is 0 Å². The maximum absolute atomic E-state index is 14.9. The van der Waals surface area contributed by atoms with E-state index in [1.54, 1.807) is 28.3 Å². The van der Waals surface area contributed by atoms with Crippen LogP contribution in [0.1, 0.15) is 133 Å². The molecule has 1 amide bonds. The van der Waals surface area contributed by atoms with Crippen molar-refractivity contribution in [1.82, 2.24) is 4.90 Å². The topological polar surface area (TPSA) is 167 Å². The van der Waals surface area contributed by atoms with Crippen LogP contribution in [-0.4, -0.2) is 129 Å². The molecule has 0 aromatic rings. The molecule has 1 saturated carbocycles. The zero-order valence-electron chi connectivity index (χ0n) is 42.3. The summed E-state index contributed by atoms with van der Waals surface area (Å²) in [4.78, 5) is 59.9. The number of carbonyl (C=O) groups is 4. The van der Waals surface area contributed by atoms with Gasteiger partial charge < -0.3 is 43.2 Å². The summed E-state index contributed by atoms with van der Waals surface area (Å²) >= 11 is 0. The number of carbonyl (C=O) groups excluding carboxylic acids is 4. The smallest absolute Gasteiger partial charge is 0.329 e. The number of allylic oxidation sites excluding steroid dienone is 4. The number of esters is 1. The van der Waals surface area contributed by atoms with Crippen LogP contribution in [0.4, 0.5) is 0 Å². The number of fused-ring (bicyclic) bond motifs is 3. The lowest BCUT2D eigenvalue weighted by Gasteiger charge is -2.47. The summed E-state index contributed by atoms with van der Waals surface area (Å²) in [6.45, 7) is 26.7. The first-order valence-corrected chi connectivity index (χ1v) is 27.2. The third-order valence-electron chi connectivity index (χ3n) is 15.7. The summed E-state index contributed by atoms with van der Waals surface area (Å²) in [5, 5.41) is 22.8. The molecule has 65 heavy (non-hydrogen) atoms. The van der Waals surface area contributed by atoms with E-state index in [1.807, 2.05) is 33.8 Å². The molecular weight excluding hydrogens is 847 g/mol. The second-order valence-electron chi connectivity index (χ2n) is 21.6. The number of hydrogen-bond acceptors (Lipinski definition) is 12. The Labute approximate surface area is 391 Å². The van der Waals surface area contributed by atoms with Gasteiger partial charge in [0.25, 0.3) is 11.7 Å². The van der Waals surface area contributed by atoms with Crippen molar-refractivity contribution in [2.24, 2.45) is 29.1 Å². The van der Waals surface area contributed by atoms with Crippen LogP contribution < -0.4 is 0 Å². The van der Waals surface area contributed by atoms with Gasteiger partial charge in [-0.25, -0.2) is 4.79 Å². The van der Waals surface area contributed by atoms with Gasteiger partial charge in [0.1, 0.15) is 24.0 Å². The van der Waals surface area contributed by atoms with Gasteiger partial charge in [0.2, 0.25) is 5.79 Å². The Kier molecular flexibility index (Phi) is 19.2. The molecule has 13 unspecified atom stereocenters. The molecule has 3 heterocycles. The molecule has 4 aliphatic rings. The van der Waals surface area contributed by atoms with Crippen LogP contribution in [0, 0.1) is 29.1 Å². The fraction of sp³-hybridized carbons (Fsp3) is 0.804. The monoisotopic (exact) mass is 932 g/mol. The Hall–Kier alpha value is -2.56. The number of aliphatic hydroxyl groups excluding tert-OH is 1. The van der Waals surface area contributed by atoms with Crippen molar-refractivity contribution in [3.05, 3.63) is 36.0 Å². The van der Waals surface area contributed by atoms with E-state index in [-0.39, 0.29) is 42.5 Å². The molecule has 0 aromatic heterocycles. The SMILES string of the molecule is C=CC1(C=C(C)C2OC(=O)C3CCCCN3C(=O)C(=O)C3(O)OC(C(OC)CC(C)C/C(C)=C/C(CC)C(=O)CC(O[Si](C)(C)C(C)(C)C)C2C)C(OC)CC3C)CC[C@H](O)C(OC)C1. The number of methoxy groups -OCH3 is 3. The summed E-state index contributed by atoms with van der Waals surface area (Å²) in [6, 6.07) is -1.13. The molecule has 370 valence electrons. The molecule has 0 aromatic carbocycles. The Morgan fingerprint density at radius 3 is 2.18 bits per heavy atom. The molecule has 2 bridgehead atoms. The van der Waals surface area contributed by atoms with E-state index in [4.69, 9.17) is 28.1 Å². The minimum atomic E-state index is -2.56. The summed E-state index contributed by atoms with van der Waals surface area (Å²) in [6.07, 6.45) is 6.20. The average molecular weight is 932 g/mol. The van der Waals surface area contributed by atoms with Crippen LogP contribution >= 0.6 is 0 Å². The van der Waals surface area contributed by atoms with Gasteiger partial charge in [0.05, 0.1) is 30.5 Å². The number of aliphatic hydroxyl groups is 2. The molecule has 0 spiro atoms. The average Bonchev–Trinajstić information content (AvgIpc) is 3.26. The van der Waals surface area contributed by atoms with E-state index in [0.717, 1.165) is 5.57 Å². The Balaban J connectivity index is 1.93. The van der Waals surface area contributed by atoms with Gasteiger partial charge >= 0.3 is 5.97 Å². The Morgan fingerprint density at radius 1 is 0.969 bits per heavy atom. The molecule has 3 fully saturated rings.